The molecule has 47 heavy (non-hydrogen) atoms. The lowest BCUT2D eigenvalue weighted by molar-refractivity contribution is 0.0957. The molecular weight excluding hydrogens is 636 g/mol. The average Bonchev–Trinajstić information content (AvgIpc) is 3.72. The van der Waals surface area contributed by atoms with E-state index in [0.29, 0.717) is 53.3 Å². The Morgan fingerprint density at radius 1 is 1.02 bits per heavy atom. The lowest BCUT2D eigenvalue weighted by Gasteiger charge is -2.34. The normalized spacial score (nSPS) is 14.9. The van der Waals surface area contributed by atoms with Crippen molar-refractivity contribution in [1.29, 1.82) is 0 Å². The van der Waals surface area contributed by atoms with E-state index in [4.69, 9.17) is 33.0 Å². The molecule has 0 unspecified atom stereocenters. The van der Waals surface area contributed by atoms with E-state index >= 15 is 0 Å². The van der Waals surface area contributed by atoms with Crippen LogP contribution in [-0.2, 0) is 13.5 Å². The van der Waals surface area contributed by atoms with Gasteiger partial charge in [0.05, 0.1) is 34.0 Å². The number of ether oxygens (including phenoxy) is 1. The van der Waals surface area contributed by atoms with Crippen molar-refractivity contribution in [3.05, 3.63) is 98.3 Å². The fraction of sp³-hybridized carbons (Fsp3) is 0.297. The van der Waals surface area contributed by atoms with Crippen LogP contribution in [0.4, 0.5) is 10.1 Å². The first-order valence-corrected chi connectivity index (χ1v) is 16.6. The molecule has 6 aromatic rings. The van der Waals surface area contributed by atoms with Crippen LogP contribution in [0.1, 0.15) is 58.0 Å². The fourth-order valence-corrected chi connectivity index (χ4v) is 7.62. The van der Waals surface area contributed by atoms with Gasteiger partial charge in [0.2, 0.25) is 0 Å². The fourth-order valence-electron chi connectivity index (χ4n) is 7.27. The van der Waals surface area contributed by atoms with Crippen LogP contribution in [-0.4, -0.2) is 38.4 Å². The minimum atomic E-state index is -0.329. The summed E-state index contributed by atoms with van der Waals surface area (Å²) in [4.78, 5) is 19.7. The maximum Gasteiger partial charge on any atom is 0.275 e. The van der Waals surface area contributed by atoms with Gasteiger partial charge in [-0.2, -0.15) is 5.10 Å². The van der Waals surface area contributed by atoms with Crippen LogP contribution in [0.5, 0.6) is 5.75 Å². The van der Waals surface area contributed by atoms with Gasteiger partial charge in [0.25, 0.3) is 5.91 Å². The highest BCUT2D eigenvalue weighted by atomic mass is 35.5. The molecule has 0 bridgehead atoms. The lowest BCUT2D eigenvalue weighted by Crippen LogP contribution is -2.42. The number of rotatable bonds is 7. The number of amides is 1. The highest BCUT2D eigenvalue weighted by Gasteiger charge is 2.37. The first kappa shape index (κ1) is 31.3. The summed E-state index contributed by atoms with van der Waals surface area (Å²) >= 11 is 13.4. The molecule has 0 radical (unpaired) electrons. The first-order chi connectivity index (χ1) is 22.5. The van der Waals surface area contributed by atoms with Crippen molar-refractivity contribution >= 4 is 56.6 Å². The molecule has 7 nitrogen and oxygen atoms in total. The number of aromatic nitrogens is 4. The van der Waals surface area contributed by atoms with Crippen molar-refractivity contribution in [3.8, 4) is 16.9 Å². The van der Waals surface area contributed by atoms with Gasteiger partial charge in [-0.1, -0.05) is 29.3 Å². The summed E-state index contributed by atoms with van der Waals surface area (Å²) in [5, 5.41) is 7.47. The van der Waals surface area contributed by atoms with Crippen LogP contribution in [0.15, 0.2) is 48.7 Å². The van der Waals surface area contributed by atoms with Gasteiger partial charge in [-0.3, -0.25) is 9.48 Å². The number of benzene rings is 3. The Balaban J connectivity index is 1.37. The molecule has 0 fully saturated rings. The minimum Gasteiger partial charge on any atom is -0.494 e. The van der Waals surface area contributed by atoms with Crippen LogP contribution in [0.3, 0.4) is 0 Å². The zero-order valence-electron chi connectivity index (χ0n) is 27.3. The topological polar surface area (TPSA) is 68.1 Å². The smallest absolute Gasteiger partial charge is 0.275 e. The molecule has 1 N–H and O–H groups in total. The van der Waals surface area contributed by atoms with E-state index in [9.17, 15) is 9.18 Å². The number of hydrogen-bond acceptors (Lipinski definition) is 3. The third kappa shape index (κ3) is 5.00. The molecule has 1 atom stereocenters. The van der Waals surface area contributed by atoms with Gasteiger partial charge in [-0.05, 0) is 101 Å². The van der Waals surface area contributed by atoms with Crippen LogP contribution >= 0.6 is 23.2 Å². The number of hydrogen-bond donors (Lipinski definition) is 1. The van der Waals surface area contributed by atoms with Gasteiger partial charge in [-0.15, -0.1) is 0 Å². The second kappa shape index (κ2) is 11.8. The maximum absolute atomic E-state index is 14.7. The number of carbonyl (C=O) groups is 1. The third-order valence-corrected chi connectivity index (χ3v) is 10.4. The van der Waals surface area contributed by atoms with E-state index in [2.05, 4.69) is 16.5 Å². The summed E-state index contributed by atoms with van der Waals surface area (Å²) in [6.07, 6.45) is 2.98. The average molecular weight is 673 g/mol. The molecule has 1 amide bonds. The summed E-state index contributed by atoms with van der Waals surface area (Å²) in [6.45, 7) is 10.9. The number of H-pyrrole nitrogens is 1. The van der Waals surface area contributed by atoms with Crippen LogP contribution < -0.4 is 9.64 Å². The molecule has 1 aliphatic rings. The summed E-state index contributed by atoms with van der Waals surface area (Å²) in [6, 6.07) is 12.6. The SMILES string of the molecule is Cc1cc(OCCCc2c3n(c4c(-c5c(C)nn(C)c5C)c(Cl)ccc24)[C@H](C)CN(c2ccc(F)c4cc[nH]c24)C3=O)cc(C)c1Cl. The summed E-state index contributed by atoms with van der Waals surface area (Å²) in [7, 11) is 1.93. The van der Waals surface area contributed by atoms with Gasteiger partial charge in [0.1, 0.15) is 17.3 Å². The highest BCUT2D eigenvalue weighted by molar-refractivity contribution is 6.35. The van der Waals surface area contributed by atoms with Crippen LogP contribution in [0.25, 0.3) is 32.9 Å². The zero-order chi connectivity index (χ0) is 33.3. The Morgan fingerprint density at radius 2 is 1.77 bits per heavy atom. The molecule has 3 aromatic heterocycles. The lowest BCUT2D eigenvalue weighted by atomic mass is 9.98. The number of halogens is 3. The van der Waals surface area contributed by atoms with E-state index in [1.807, 2.05) is 63.7 Å². The molecule has 10 heteroatoms. The number of anilines is 1. The van der Waals surface area contributed by atoms with Crippen LogP contribution in [0, 0.1) is 33.5 Å². The number of fused-ring (bicyclic) bond motifs is 4. The number of aryl methyl sites for hydroxylation is 5. The molecule has 0 aliphatic carbocycles. The van der Waals surface area contributed by atoms with Crippen molar-refractivity contribution in [2.45, 2.75) is 53.5 Å². The molecule has 0 saturated heterocycles. The molecular formula is C37H36Cl2FN5O2. The van der Waals surface area contributed by atoms with E-state index in [1.165, 1.54) is 6.07 Å². The molecule has 3 aromatic carbocycles. The van der Waals surface area contributed by atoms with E-state index in [0.717, 1.165) is 60.9 Å². The first-order valence-electron chi connectivity index (χ1n) is 15.8. The summed E-state index contributed by atoms with van der Waals surface area (Å²) < 4.78 is 24.9. The predicted octanol–water partition coefficient (Wildman–Crippen LogP) is 9.44. The quantitative estimate of drug-likeness (QED) is 0.172. The van der Waals surface area contributed by atoms with E-state index in [1.54, 1.807) is 23.2 Å². The summed E-state index contributed by atoms with van der Waals surface area (Å²) in [5.41, 5.74) is 9.39. The van der Waals surface area contributed by atoms with Crippen molar-refractivity contribution in [2.75, 3.05) is 18.1 Å². The largest absolute Gasteiger partial charge is 0.494 e. The van der Waals surface area contributed by atoms with Crippen molar-refractivity contribution in [3.63, 3.8) is 0 Å². The van der Waals surface area contributed by atoms with Gasteiger partial charge >= 0.3 is 0 Å². The minimum absolute atomic E-state index is 0.111. The Labute approximate surface area is 282 Å². The Morgan fingerprint density at radius 3 is 2.47 bits per heavy atom. The Kier molecular flexibility index (Phi) is 7.84. The van der Waals surface area contributed by atoms with Crippen molar-refractivity contribution in [2.24, 2.45) is 7.05 Å². The summed E-state index contributed by atoms with van der Waals surface area (Å²) in [5.74, 6) is 0.306. The standard InChI is InChI=1S/C37H36Cl2FN5O2/c1-19-16-24(17-20(2)33(19)39)47-15-7-8-25-26-9-10-28(38)32(31-22(4)42-43(6)23(31)5)35(26)45-21(3)18-44(37(46)36(25)45)30-12-11-29(40)27-13-14-41-34(27)30/h9-14,16-17,21,41H,7-8,15,18H2,1-6H3/t21-/m1/s1. The molecule has 0 spiro atoms. The zero-order valence-corrected chi connectivity index (χ0v) is 28.8. The molecule has 0 saturated carbocycles. The third-order valence-electron chi connectivity index (χ3n) is 9.50. The van der Waals surface area contributed by atoms with Gasteiger partial charge in [-0.25, -0.2) is 4.39 Å². The van der Waals surface area contributed by atoms with Gasteiger partial charge in [0, 0.05) is 58.4 Å². The second-order valence-electron chi connectivity index (χ2n) is 12.6. The molecule has 242 valence electrons. The Bertz CT molecular complexity index is 2210. The molecule has 7 rings (SSSR count). The van der Waals surface area contributed by atoms with Crippen molar-refractivity contribution < 1.29 is 13.9 Å². The molecule has 1 aliphatic heterocycles. The maximum atomic E-state index is 14.7. The monoisotopic (exact) mass is 671 g/mol. The Hall–Kier alpha value is -4.27. The number of nitrogens with zero attached hydrogens (tertiary/aromatic N) is 4. The number of aromatic amines is 1. The molecule has 4 heterocycles. The van der Waals surface area contributed by atoms with E-state index in [-0.39, 0.29) is 17.8 Å². The highest BCUT2D eigenvalue weighted by Crippen LogP contribution is 2.45. The second-order valence-corrected chi connectivity index (χ2v) is 13.4. The van der Waals surface area contributed by atoms with E-state index < -0.39 is 0 Å². The number of carbonyl (C=O) groups excluding carboxylic acids is 1. The van der Waals surface area contributed by atoms with Gasteiger partial charge < -0.3 is 19.2 Å². The van der Waals surface area contributed by atoms with Gasteiger partial charge in [0.15, 0.2) is 0 Å². The van der Waals surface area contributed by atoms with Crippen molar-refractivity contribution in [1.82, 2.24) is 19.3 Å². The number of nitrogens with one attached hydrogen (secondary N) is 1. The van der Waals surface area contributed by atoms with Crippen LogP contribution in [0.2, 0.25) is 10.0 Å². The predicted molar refractivity (Wildman–Crippen MR) is 188 cm³/mol.